The Morgan fingerprint density at radius 3 is 2.45 bits per heavy atom. The van der Waals surface area contributed by atoms with Crippen LogP contribution in [0.4, 0.5) is 5.69 Å². The van der Waals surface area contributed by atoms with E-state index in [1.165, 1.54) is 5.56 Å². The molecule has 0 radical (unpaired) electrons. The van der Waals surface area contributed by atoms with Gasteiger partial charge >= 0.3 is 0 Å². The standard InChI is InChI=1S/C17H22N2O/c1-4-11-20-16-8-6-15(7-9-16)12-18-17-10-5-13(2)19-14(17)3/h5-10,18H,4,11-12H2,1-3H3. The number of nitrogens with zero attached hydrogens (tertiary/aromatic N) is 1. The highest BCUT2D eigenvalue weighted by molar-refractivity contribution is 5.48. The molecule has 106 valence electrons. The van der Waals surface area contributed by atoms with Gasteiger partial charge in [-0.1, -0.05) is 19.1 Å². The van der Waals surface area contributed by atoms with Crippen LogP contribution in [-0.2, 0) is 6.54 Å². The van der Waals surface area contributed by atoms with Crippen molar-refractivity contribution in [2.24, 2.45) is 0 Å². The molecule has 1 heterocycles. The maximum atomic E-state index is 5.57. The molecular weight excluding hydrogens is 248 g/mol. The van der Waals surface area contributed by atoms with Crippen molar-refractivity contribution in [3.8, 4) is 5.75 Å². The third-order valence-electron chi connectivity index (χ3n) is 3.10. The van der Waals surface area contributed by atoms with Gasteiger partial charge in [-0.15, -0.1) is 0 Å². The summed E-state index contributed by atoms with van der Waals surface area (Å²) in [5.74, 6) is 0.934. The monoisotopic (exact) mass is 270 g/mol. The third-order valence-corrected chi connectivity index (χ3v) is 3.10. The topological polar surface area (TPSA) is 34.1 Å². The summed E-state index contributed by atoms with van der Waals surface area (Å²) >= 11 is 0. The van der Waals surface area contributed by atoms with Crippen LogP contribution in [0.15, 0.2) is 36.4 Å². The van der Waals surface area contributed by atoms with E-state index in [9.17, 15) is 0 Å². The van der Waals surface area contributed by atoms with Crippen LogP contribution in [0.1, 0.15) is 30.3 Å². The highest BCUT2D eigenvalue weighted by Gasteiger charge is 2.00. The number of aromatic nitrogens is 1. The lowest BCUT2D eigenvalue weighted by molar-refractivity contribution is 0.317. The Morgan fingerprint density at radius 2 is 1.80 bits per heavy atom. The lowest BCUT2D eigenvalue weighted by Gasteiger charge is -2.10. The molecule has 3 nitrogen and oxygen atoms in total. The van der Waals surface area contributed by atoms with Crippen LogP contribution in [0.2, 0.25) is 0 Å². The molecule has 0 aliphatic carbocycles. The SMILES string of the molecule is CCCOc1ccc(CNc2ccc(C)nc2C)cc1. The Balaban J connectivity index is 1.93. The molecule has 0 aliphatic heterocycles. The highest BCUT2D eigenvalue weighted by Crippen LogP contribution is 2.16. The summed E-state index contributed by atoms with van der Waals surface area (Å²) in [4.78, 5) is 4.45. The number of aryl methyl sites for hydroxylation is 2. The third kappa shape index (κ3) is 3.98. The first-order valence-corrected chi connectivity index (χ1v) is 7.09. The summed E-state index contributed by atoms with van der Waals surface area (Å²) in [6.07, 6.45) is 1.03. The molecule has 0 saturated heterocycles. The number of hydrogen-bond donors (Lipinski definition) is 1. The van der Waals surface area contributed by atoms with Gasteiger partial charge in [0.25, 0.3) is 0 Å². The number of rotatable bonds is 6. The van der Waals surface area contributed by atoms with Gasteiger partial charge in [0, 0.05) is 12.2 Å². The van der Waals surface area contributed by atoms with Crippen LogP contribution in [0.25, 0.3) is 0 Å². The zero-order chi connectivity index (χ0) is 14.4. The second-order valence-electron chi connectivity index (χ2n) is 4.93. The van der Waals surface area contributed by atoms with Gasteiger partial charge in [0.2, 0.25) is 0 Å². The molecule has 0 fully saturated rings. The van der Waals surface area contributed by atoms with Crippen molar-refractivity contribution in [3.63, 3.8) is 0 Å². The minimum absolute atomic E-state index is 0.770. The summed E-state index contributed by atoms with van der Waals surface area (Å²) < 4.78 is 5.57. The van der Waals surface area contributed by atoms with Crippen molar-refractivity contribution in [1.82, 2.24) is 4.98 Å². The minimum atomic E-state index is 0.770. The predicted octanol–water partition coefficient (Wildman–Crippen LogP) is 4.10. The van der Waals surface area contributed by atoms with Gasteiger partial charge in [-0.25, -0.2) is 0 Å². The van der Waals surface area contributed by atoms with E-state index in [4.69, 9.17) is 4.74 Å². The molecule has 0 atom stereocenters. The van der Waals surface area contributed by atoms with Gasteiger partial charge in [0.1, 0.15) is 5.75 Å². The molecule has 0 amide bonds. The van der Waals surface area contributed by atoms with E-state index in [2.05, 4.69) is 35.4 Å². The molecule has 1 aromatic heterocycles. The lowest BCUT2D eigenvalue weighted by atomic mass is 10.2. The van der Waals surface area contributed by atoms with Gasteiger partial charge in [0.05, 0.1) is 18.0 Å². The molecule has 0 bridgehead atoms. The number of benzene rings is 1. The molecular formula is C17H22N2O. The predicted molar refractivity (Wildman–Crippen MR) is 83.3 cm³/mol. The second kappa shape index (κ2) is 6.94. The van der Waals surface area contributed by atoms with Crippen molar-refractivity contribution in [1.29, 1.82) is 0 Å². The van der Waals surface area contributed by atoms with Crippen LogP contribution in [0.3, 0.4) is 0 Å². The van der Waals surface area contributed by atoms with E-state index in [1.807, 2.05) is 32.0 Å². The van der Waals surface area contributed by atoms with Crippen molar-refractivity contribution < 1.29 is 4.74 Å². The van der Waals surface area contributed by atoms with Crippen molar-refractivity contribution in [3.05, 3.63) is 53.3 Å². The summed E-state index contributed by atoms with van der Waals surface area (Å²) in [5.41, 5.74) is 4.40. The number of hydrogen-bond acceptors (Lipinski definition) is 3. The number of pyridine rings is 1. The molecule has 1 aromatic carbocycles. The Labute approximate surface area is 121 Å². The van der Waals surface area contributed by atoms with Gasteiger partial charge in [-0.3, -0.25) is 4.98 Å². The molecule has 2 aromatic rings. The molecule has 0 saturated carbocycles. The van der Waals surface area contributed by atoms with Gasteiger partial charge in [-0.2, -0.15) is 0 Å². The number of ether oxygens (including phenoxy) is 1. The fourth-order valence-corrected chi connectivity index (χ4v) is 1.99. The minimum Gasteiger partial charge on any atom is -0.494 e. The van der Waals surface area contributed by atoms with E-state index in [0.717, 1.165) is 42.4 Å². The Kier molecular flexibility index (Phi) is 4.99. The van der Waals surface area contributed by atoms with Crippen molar-refractivity contribution in [2.75, 3.05) is 11.9 Å². The smallest absolute Gasteiger partial charge is 0.119 e. The fraction of sp³-hybridized carbons (Fsp3) is 0.353. The van der Waals surface area contributed by atoms with E-state index in [-0.39, 0.29) is 0 Å². The quantitative estimate of drug-likeness (QED) is 0.858. The van der Waals surface area contributed by atoms with Gasteiger partial charge in [-0.05, 0) is 50.1 Å². The van der Waals surface area contributed by atoms with Crippen LogP contribution in [-0.4, -0.2) is 11.6 Å². The fourth-order valence-electron chi connectivity index (χ4n) is 1.99. The summed E-state index contributed by atoms with van der Waals surface area (Å²) in [5, 5.41) is 3.42. The van der Waals surface area contributed by atoms with Crippen LogP contribution < -0.4 is 10.1 Å². The zero-order valence-corrected chi connectivity index (χ0v) is 12.4. The first-order chi connectivity index (χ1) is 9.69. The average Bonchev–Trinajstić information content (AvgIpc) is 2.45. The Hall–Kier alpha value is -2.03. The normalized spacial score (nSPS) is 10.3. The van der Waals surface area contributed by atoms with Gasteiger partial charge in [0.15, 0.2) is 0 Å². The van der Waals surface area contributed by atoms with E-state index in [0.29, 0.717) is 0 Å². The molecule has 2 rings (SSSR count). The molecule has 0 aliphatic rings. The molecule has 3 heteroatoms. The zero-order valence-electron chi connectivity index (χ0n) is 12.4. The highest BCUT2D eigenvalue weighted by atomic mass is 16.5. The summed E-state index contributed by atoms with van der Waals surface area (Å²) in [7, 11) is 0. The Morgan fingerprint density at radius 1 is 1.05 bits per heavy atom. The maximum absolute atomic E-state index is 5.57. The van der Waals surface area contributed by atoms with E-state index in [1.54, 1.807) is 0 Å². The van der Waals surface area contributed by atoms with Crippen LogP contribution in [0, 0.1) is 13.8 Å². The van der Waals surface area contributed by atoms with E-state index >= 15 is 0 Å². The van der Waals surface area contributed by atoms with E-state index < -0.39 is 0 Å². The Bertz CT molecular complexity index is 549. The largest absolute Gasteiger partial charge is 0.494 e. The molecule has 1 N–H and O–H groups in total. The first kappa shape index (κ1) is 14.4. The summed E-state index contributed by atoms with van der Waals surface area (Å²) in [6.45, 7) is 7.70. The molecule has 20 heavy (non-hydrogen) atoms. The van der Waals surface area contributed by atoms with Crippen molar-refractivity contribution in [2.45, 2.75) is 33.7 Å². The maximum Gasteiger partial charge on any atom is 0.119 e. The van der Waals surface area contributed by atoms with Crippen LogP contribution in [0.5, 0.6) is 5.75 Å². The number of nitrogens with one attached hydrogen (secondary N) is 1. The lowest BCUT2D eigenvalue weighted by Crippen LogP contribution is -2.03. The van der Waals surface area contributed by atoms with Gasteiger partial charge < -0.3 is 10.1 Å². The van der Waals surface area contributed by atoms with Crippen LogP contribution >= 0.6 is 0 Å². The first-order valence-electron chi connectivity index (χ1n) is 7.09. The molecule has 0 spiro atoms. The van der Waals surface area contributed by atoms with Crippen molar-refractivity contribution >= 4 is 5.69 Å². The average molecular weight is 270 g/mol. The molecule has 0 unspecified atom stereocenters. The second-order valence-corrected chi connectivity index (χ2v) is 4.93. The summed E-state index contributed by atoms with van der Waals surface area (Å²) in [6, 6.07) is 12.3. The number of anilines is 1.